The Morgan fingerprint density at radius 2 is 2.00 bits per heavy atom. The van der Waals surface area contributed by atoms with Gasteiger partial charge >= 0.3 is 0 Å². The van der Waals surface area contributed by atoms with Crippen LogP contribution in [0.5, 0.6) is 0 Å². The molecule has 3 nitrogen and oxygen atoms in total. The summed E-state index contributed by atoms with van der Waals surface area (Å²) in [6.07, 6.45) is 2.27. The highest BCUT2D eigenvalue weighted by Crippen LogP contribution is 2.31. The summed E-state index contributed by atoms with van der Waals surface area (Å²) in [4.78, 5) is 4.41. The Balaban J connectivity index is 2.55. The summed E-state index contributed by atoms with van der Waals surface area (Å²) in [7, 11) is 0. The molecule has 18 heavy (non-hydrogen) atoms. The maximum absolute atomic E-state index is 6.07. The minimum absolute atomic E-state index is 0.337. The van der Waals surface area contributed by atoms with Gasteiger partial charge in [-0.3, -0.25) is 0 Å². The number of hydrogen-bond acceptors (Lipinski definition) is 2. The molecule has 2 aromatic rings. The van der Waals surface area contributed by atoms with E-state index in [1.54, 1.807) is 0 Å². The molecular weight excluding hydrogens is 246 g/mol. The van der Waals surface area contributed by atoms with Crippen molar-refractivity contribution in [3.63, 3.8) is 0 Å². The Morgan fingerprint density at radius 1 is 1.33 bits per heavy atom. The van der Waals surface area contributed by atoms with E-state index in [4.69, 9.17) is 17.3 Å². The SMILES string of the molecule is CCC(CC)C(C)n1c(N)nc2ccc(Cl)cc21. The number of nitrogens with two attached hydrogens (primary N) is 1. The van der Waals surface area contributed by atoms with Gasteiger partial charge in [-0.05, 0) is 31.0 Å². The van der Waals surface area contributed by atoms with E-state index >= 15 is 0 Å². The Labute approximate surface area is 113 Å². The number of imidazole rings is 1. The van der Waals surface area contributed by atoms with Crippen LogP contribution < -0.4 is 5.73 Å². The zero-order valence-corrected chi connectivity index (χ0v) is 11.9. The second-order valence-electron chi connectivity index (χ2n) is 4.79. The number of anilines is 1. The quantitative estimate of drug-likeness (QED) is 0.897. The third kappa shape index (κ3) is 2.19. The molecule has 1 heterocycles. The van der Waals surface area contributed by atoms with Gasteiger partial charge in [-0.1, -0.05) is 38.3 Å². The third-order valence-electron chi connectivity index (χ3n) is 3.82. The van der Waals surface area contributed by atoms with Crippen LogP contribution in [0.1, 0.15) is 39.7 Å². The molecule has 0 spiro atoms. The summed E-state index contributed by atoms with van der Waals surface area (Å²) >= 11 is 6.07. The van der Waals surface area contributed by atoms with E-state index in [0.29, 0.717) is 17.9 Å². The number of aromatic nitrogens is 2. The molecule has 1 unspecified atom stereocenters. The lowest BCUT2D eigenvalue weighted by atomic mass is 9.95. The summed E-state index contributed by atoms with van der Waals surface area (Å²) in [6, 6.07) is 6.05. The molecule has 0 bridgehead atoms. The standard InChI is InChI=1S/C14H20ClN3/c1-4-10(5-2)9(3)18-13-8-11(15)6-7-12(13)17-14(18)16/h6-10H,4-5H2,1-3H3,(H2,16,17). The average molecular weight is 266 g/mol. The van der Waals surface area contributed by atoms with Gasteiger partial charge in [0, 0.05) is 11.1 Å². The molecule has 0 aliphatic heterocycles. The third-order valence-corrected chi connectivity index (χ3v) is 4.05. The minimum Gasteiger partial charge on any atom is -0.369 e. The van der Waals surface area contributed by atoms with Crippen molar-refractivity contribution < 1.29 is 0 Å². The second-order valence-corrected chi connectivity index (χ2v) is 5.23. The van der Waals surface area contributed by atoms with Crippen molar-refractivity contribution in [3.8, 4) is 0 Å². The number of fused-ring (bicyclic) bond motifs is 1. The number of halogens is 1. The van der Waals surface area contributed by atoms with Crippen molar-refractivity contribution in [2.24, 2.45) is 5.92 Å². The zero-order chi connectivity index (χ0) is 13.3. The van der Waals surface area contributed by atoms with E-state index in [2.05, 4.69) is 30.3 Å². The van der Waals surface area contributed by atoms with Gasteiger partial charge in [0.1, 0.15) is 0 Å². The van der Waals surface area contributed by atoms with Gasteiger partial charge in [0.05, 0.1) is 11.0 Å². The molecule has 2 N–H and O–H groups in total. The van der Waals surface area contributed by atoms with Gasteiger partial charge in [0.15, 0.2) is 0 Å². The molecule has 4 heteroatoms. The summed E-state index contributed by atoms with van der Waals surface area (Å²) in [5.41, 5.74) is 8.00. The Morgan fingerprint density at radius 3 is 2.61 bits per heavy atom. The van der Waals surface area contributed by atoms with Crippen molar-refractivity contribution in [1.29, 1.82) is 0 Å². The second kappa shape index (κ2) is 5.19. The van der Waals surface area contributed by atoms with E-state index in [9.17, 15) is 0 Å². The first-order valence-corrected chi connectivity index (χ1v) is 6.89. The molecule has 0 aliphatic rings. The molecule has 0 saturated heterocycles. The van der Waals surface area contributed by atoms with Crippen LogP contribution in [-0.4, -0.2) is 9.55 Å². The van der Waals surface area contributed by atoms with Crippen LogP contribution in [0.2, 0.25) is 5.02 Å². The lowest BCUT2D eigenvalue weighted by molar-refractivity contribution is 0.342. The Hall–Kier alpha value is -1.22. The van der Waals surface area contributed by atoms with Crippen LogP contribution in [0.15, 0.2) is 18.2 Å². The highest BCUT2D eigenvalue weighted by molar-refractivity contribution is 6.31. The van der Waals surface area contributed by atoms with Crippen LogP contribution >= 0.6 is 11.6 Å². The summed E-state index contributed by atoms with van der Waals surface area (Å²) < 4.78 is 2.11. The van der Waals surface area contributed by atoms with Crippen molar-refractivity contribution in [3.05, 3.63) is 23.2 Å². The maximum Gasteiger partial charge on any atom is 0.201 e. The smallest absolute Gasteiger partial charge is 0.201 e. The first-order chi connectivity index (χ1) is 8.58. The van der Waals surface area contributed by atoms with E-state index in [1.807, 2.05) is 18.2 Å². The van der Waals surface area contributed by atoms with Gasteiger partial charge in [-0.25, -0.2) is 4.98 Å². The number of nitrogen functional groups attached to an aromatic ring is 1. The van der Waals surface area contributed by atoms with E-state index in [-0.39, 0.29) is 0 Å². The topological polar surface area (TPSA) is 43.8 Å². The molecule has 1 aromatic carbocycles. The molecular formula is C14H20ClN3. The highest BCUT2D eigenvalue weighted by Gasteiger charge is 2.20. The molecule has 0 radical (unpaired) electrons. The molecule has 2 rings (SSSR count). The highest BCUT2D eigenvalue weighted by atomic mass is 35.5. The molecule has 0 fully saturated rings. The molecule has 98 valence electrons. The fourth-order valence-corrected chi connectivity index (χ4v) is 2.86. The Kier molecular flexibility index (Phi) is 3.81. The monoisotopic (exact) mass is 265 g/mol. The summed E-state index contributed by atoms with van der Waals surface area (Å²) in [5.74, 6) is 1.18. The first-order valence-electron chi connectivity index (χ1n) is 6.51. The predicted molar refractivity (Wildman–Crippen MR) is 77.9 cm³/mol. The molecule has 0 saturated carbocycles. The van der Waals surface area contributed by atoms with Gasteiger partial charge in [-0.2, -0.15) is 0 Å². The zero-order valence-electron chi connectivity index (χ0n) is 11.2. The van der Waals surface area contributed by atoms with Gasteiger partial charge < -0.3 is 10.3 Å². The molecule has 0 aliphatic carbocycles. The summed E-state index contributed by atoms with van der Waals surface area (Å²) in [5, 5.41) is 0.723. The van der Waals surface area contributed by atoms with Crippen LogP contribution in [0.3, 0.4) is 0 Å². The maximum atomic E-state index is 6.07. The van der Waals surface area contributed by atoms with E-state index in [1.165, 1.54) is 0 Å². The van der Waals surface area contributed by atoms with Crippen molar-refractivity contribution in [2.75, 3.05) is 5.73 Å². The van der Waals surface area contributed by atoms with Crippen molar-refractivity contribution >= 4 is 28.6 Å². The van der Waals surface area contributed by atoms with Crippen LogP contribution in [0.25, 0.3) is 11.0 Å². The minimum atomic E-state index is 0.337. The lowest BCUT2D eigenvalue weighted by Gasteiger charge is -2.24. The number of hydrogen-bond donors (Lipinski definition) is 1. The number of rotatable bonds is 4. The van der Waals surface area contributed by atoms with Crippen molar-refractivity contribution in [1.82, 2.24) is 9.55 Å². The molecule has 0 amide bonds. The molecule has 1 aromatic heterocycles. The fourth-order valence-electron chi connectivity index (χ4n) is 2.69. The van der Waals surface area contributed by atoms with Gasteiger partial charge in [0.25, 0.3) is 0 Å². The summed E-state index contributed by atoms with van der Waals surface area (Å²) in [6.45, 7) is 6.63. The predicted octanol–water partition coefficient (Wildman–Crippen LogP) is 4.27. The molecule has 1 atom stereocenters. The normalized spacial score (nSPS) is 13.4. The lowest BCUT2D eigenvalue weighted by Crippen LogP contribution is -2.17. The average Bonchev–Trinajstić information content (AvgIpc) is 2.65. The van der Waals surface area contributed by atoms with Crippen LogP contribution in [-0.2, 0) is 0 Å². The van der Waals surface area contributed by atoms with Crippen LogP contribution in [0, 0.1) is 5.92 Å². The first kappa shape index (κ1) is 13.2. The van der Waals surface area contributed by atoms with Crippen LogP contribution in [0.4, 0.5) is 5.95 Å². The largest absolute Gasteiger partial charge is 0.369 e. The number of nitrogens with zero attached hydrogens (tertiary/aromatic N) is 2. The van der Waals surface area contributed by atoms with E-state index in [0.717, 1.165) is 28.9 Å². The van der Waals surface area contributed by atoms with Crippen molar-refractivity contribution in [2.45, 2.75) is 39.7 Å². The van der Waals surface area contributed by atoms with Gasteiger partial charge in [0.2, 0.25) is 5.95 Å². The Bertz CT molecular complexity index is 543. The number of benzene rings is 1. The van der Waals surface area contributed by atoms with E-state index < -0.39 is 0 Å². The van der Waals surface area contributed by atoms with Gasteiger partial charge in [-0.15, -0.1) is 0 Å². The fraction of sp³-hybridized carbons (Fsp3) is 0.500.